The molecule has 0 aliphatic carbocycles. The highest BCUT2D eigenvalue weighted by Gasteiger charge is 2.15. The second-order valence-corrected chi connectivity index (χ2v) is 6.94. The third-order valence-corrected chi connectivity index (χ3v) is 4.05. The second-order valence-electron chi connectivity index (χ2n) is 4.28. The summed E-state index contributed by atoms with van der Waals surface area (Å²) in [5, 5.41) is 15.9. The van der Waals surface area contributed by atoms with Crippen LogP contribution in [0.25, 0.3) is 0 Å². The highest BCUT2D eigenvalue weighted by atomic mass is 32.2. The van der Waals surface area contributed by atoms with E-state index < -0.39 is 14.9 Å². The van der Waals surface area contributed by atoms with Gasteiger partial charge in [-0.05, 0) is 17.0 Å². The first-order valence-corrected chi connectivity index (χ1v) is 8.65. The summed E-state index contributed by atoms with van der Waals surface area (Å²) in [6, 6.07) is 8.30. The van der Waals surface area contributed by atoms with Crippen molar-refractivity contribution in [1.82, 2.24) is 0 Å². The second kappa shape index (κ2) is 6.10. The molecule has 0 radical (unpaired) electrons. The number of hydrogen-bond acceptors (Lipinski definition) is 6. The van der Waals surface area contributed by atoms with Gasteiger partial charge in [0.1, 0.15) is 0 Å². The number of nitrogens with one attached hydrogen (secondary N) is 2. The molecule has 2 N–H and O–H groups in total. The van der Waals surface area contributed by atoms with Crippen LogP contribution in [-0.4, -0.2) is 19.6 Å². The third-order valence-electron chi connectivity index (χ3n) is 2.59. The summed E-state index contributed by atoms with van der Waals surface area (Å²) in [7, 11) is -3.38. The van der Waals surface area contributed by atoms with Crippen molar-refractivity contribution in [3.8, 4) is 0 Å². The van der Waals surface area contributed by atoms with Gasteiger partial charge in [-0.3, -0.25) is 14.8 Å². The summed E-state index contributed by atoms with van der Waals surface area (Å²) in [5.74, 6) is 0. The lowest BCUT2D eigenvalue weighted by Crippen LogP contribution is -2.12. The maximum absolute atomic E-state index is 11.3. The topological polar surface area (TPSA) is 101 Å². The van der Waals surface area contributed by atoms with E-state index >= 15 is 0 Å². The molecule has 112 valence electrons. The summed E-state index contributed by atoms with van der Waals surface area (Å²) in [6.45, 7) is 0.278. The average molecular weight is 327 g/mol. The number of benzene rings is 1. The average Bonchev–Trinajstić information content (AvgIpc) is 2.84. The van der Waals surface area contributed by atoms with Crippen molar-refractivity contribution in [2.75, 3.05) is 16.3 Å². The monoisotopic (exact) mass is 327 g/mol. The molecule has 2 rings (SSSR count). The summed E-state index contributed by atoms with van der Waals surface area (Å²) in [4.78, 5) is 10.4. The largest absolute Gasteiger partial charge is 0.367 e. The molecule has 0 unspecified atom stereocenters. The van der Waals surface area contributed by atoms with Crippen LogP contribution in [0.1, 0.15) is 5.56 Å². The molecule has 0 atom stereocenters. The molecule has 0 aliphatic heterocycles. The SMILES string of the molecule is CS(=O)(=O)Nc1ccccc1CNc1sccc1[N+](=O)[O-]. The van der Waals surface area contributed by atoms with Gasteiger partial charge in [0.15, 0.2) is 5.00 Å². The molecule has 0 saturated carbocycles. The van der Waals surface area contributed by atoms with Crippen LogP contribution in [0.3, 0.4) is 0 Å². The van der Waals surface area contributed by atoms with Gasteiger partial charge in [0, 0.05) is 12.6 Å². The van der Waals surface area contributed by atoms with Gasteiger partial charge in [-0.1, -0.05) is 18.2 Å². The van der Waals surface area contributed by atoms with Crippen molar-refractivity contribution in [3.63, 3.8) is 0 Å². The van der Waals surface area contributed by atoms with Crippen molar-refractivity contribution < 1.29 is 13.3 Å². The molecule has 7 nitrogen and oxygen atoms in total. The van der Waals surface area contributed by atoms with Crippen molar-refractivity contribution in [1.29, 1.82) is 0 Å². The Morgan fingerprint density at radius 2 is 2.00 bits per heavy atom. The molecule has 2 aromatic rings. The first-order valence-electron chi connectivity index (χ1n) is 5.88. The summed E-state index contributed by atoms with van der Waals surface area (Å²) < 4.78 is 25.0. The van der Waals surface area contributed by atoms with Crippen LogP contribution in [0.2, 0.25) is 0 Å². The van der Waals surface area contributed by atoms with Crippen molar-refractivity contribution in [2.45, 2.75) is 6.54 Å². The van der Waals surface area contributed by atoms with Gasteiger partial charge in [-0.25, -0.2) is 8.42 Å². The molecule has 1 aromatic heterocycles. The minimum absolute atomic E-state index is 0.00792. The van der Waals surface area contributed by atoms with E-state index in [-0.39, 0.29) is 12.2 Å². The number of thiophene rings is 1. The standard InChI is InChI=1S/C12H13N3O4S2/c1-21(18,19)14-10-5-3-2-4-9(10)8-13-12-11(15(16)17)6-7-20-12/h2-7,13-14H,8H2,1H3. The maximum Gasteiger partial charge on any atom is 0.303 e. The van der Waals surface area contributed by atoms with Crippen LogP contribution < -0.4 is 10.0 Å². The number of para-hydroxylation sites is 1. The minimum Gasteiger partial charge on any atom is -0.367 e. The van der Waals surface area contributed by atoms with Crippen molar-refractivity contribution >= 4 is 37.7 Å². The number of hydrogen-bond donors (Lipinski definition) is 2. The Kier molecular flexibility index (Phi) is 4.43. The van der Waals surface area contributed by atoms with Gasteiger partial charge < -0.3 is 5.32 Å². The van der Waals surface area contributed by atoms with E-state index in [1.54, 1.807) is 29.6 Å². The van der Waals surface area contributed by atoms with Gasteiger partial charge in [0.2, 0.25) is 10.0 Å². The molecule has 9 heteroatoms. The fraction of sp³-hybridized carbons (Fsp3) is 0.167. The lowest BCUT2D eigenvalue weighted by Gasteiger charge is -2.11. The Morgan fingerprint density at radius 1 is 1.29 bits per heavy atom. The van der Waals surface area contributed by atoms with Crippen LogP contribution in [0, 0.1) is 10.1 Å². The first kappa shape index (κ1) is 15.3. The van der Waals surface area contributed by atoms with Gasteiger partial charge in [-0.15, -0.1) is 11.3 Å². The van der Waals surface area contributed by atoms with Crippen molar-refractivity contribution in [3.05, 3.63) is 51.4 Å². The molecular formula is C12H13N3O4S2. The van der Waals surface area contributed by atoms with E-state index in [2.05, 4.69) is 10.0 Å². The van der Waals surface area contributed by atoms with Crippen LogP contribution >= 0.6 is 11.3 Å². The summed E-state index contributed by atoms with van der Waals surface area (Å²) >= 11 is 1.22. The zero-order valence-corrected chi connectivity index (χ0v) is 12.7. The van der Waals surface area contributed by atoms with Crippen molar-refractivity contribution in [2.24, 2.45) is 0 Å². The molecule has 0 bridgehead atoms. The Hall–Kier alpha value is -2.13. The number of anilines is 2. The minimum atomic E-state index is -3.38. The van der Waals surface area contributed by atoms with Gasteiger partial charge >= 0.3 is 5.69 Å². The van der Waals surface area contributed by atoms with E-state index in [0.717, 1.165) is 6.26 Å². The highest BCUT2D eigenvalue weighted by molar-refractivity contribution is 7.92. The molecule has 21 heavy (non-hydrogen) atoms. The maximum atomic E-state index is 11.3. The molecule has 0 fully saturated rings. The molecule has 0 aliphatic rings. The van der Waals surface area contributed by atoms with E-state index in [1.165, 1.54) is 17.4 Å². The molecule has 1 aromatic carbocycles. The smallest absolute Gasteiger partial charge is 0.303 e. The predicted octanol–water partition coefficient (Wildman–Crippen LogP) is 2.64. The molecule has 0 saturated heterocycles. The van der Waals surface area contributed by atoms with Gasteiger partial charge in [-0.2, -0.15) is 0 Å². The number of sulfonamides is 1. The first-order chi connectivity index (χ1) is 9.87. The van der Waals surface area contributed by atoms with Crippen LogP contribution in [0.4, 0.5) is 16.4 Å². The Balaban J connectivity index is 2.17. The lowest BCUT2D eigenvalue weighted by atomic mass is 10.2. The molecule has 1 heterocycles. The van der Waals surface area contributed by atoms with Gasteiger partial charge in [0.05, 0.1) is 16.9 Å². The fourth-order valence-electron chi connectivity index (χ4n) is 1.73. The summed E-state index contributed by atoms with van der Waals surface area (Å²) in [5.41, 5.74) is 1.16. The molecular weight excluding hydrogens is 314 g/mol. The zero-order valence-electron chi connectivity index (χ0n) is 11.1. The third kappa shape index (κ3) is 4.17. The quantitative estimate of drug-likeness (QED) is 0.627. The Labute approximate surface area is 125 Å². The highest BCUT2D eigenvalue weighted by Crippen LogP contribution is 2.31. The van der Waals surface area contributed by atoms with E-state index in [1.807, 2.05) is 0 Å². The van der Waals surface area contributed by atoms with E-state index in [4.69, 9.17) is 0 Å². The number of rotatable bonds is 6. The van der Waals surface area contributed by atoms with Crippen LogP contribution in [0.15, 0.2) is 35.7 Å². The molecule has 0 spiro atoms. The van der Waals surface area contributed by atoms with Crippen LogP contribution in [-0.2, 0) is 16.6 Å². The fourth-order valence-corrected chi connectivity index (χ4v) is 3.08. The predicted molar refractivity (Wildman–Crippen MR) is 83.2 cm³/mol. The Morgan fingerprint density at radius 3 is 2.67 bits per heavy atom. The van der Waals surface area contributed by atoms with Gasteiger partial charge in [0.25, 0.3) is 0 Å². The Bertz CT molecular complexity index is 755. The lowest BCUT2D eigenvalue weighted by molar-refractivity contribution is -0.383. The van der Waals surface area contributed by atoms with E-state index in [0.29, 0.717) is 16.3 Å². The number of nitrogens with zero attached hydrogens (tertiary/aromatic N) is 1. The molecule has 0 amide bonds. The number of nitro groups is 1. The van der Waals surface area contributed by atoms with Crippen LogP contribution in [0.5, 0.6) is 0 Å². The van der Waals surface area contributed by atoms with E-state index in [9.17, 15) is 18.5 Å². The zero-order chi connectivity index (χ0) is 15.5. The summed E-state index contributed by atoms with van der Waals surface area (Å²) in [6.07, 6.45) is 1.07. The normalized spacial score (nSPS) is 11.1.